The van der Waals surface area contributed by atoms with Gasteiger partial charge in [-0.25, -0.2) is 18.6 Å². The number of hydrogen-bond donors (Lipinski definition) is 3. The molecule has 0 radical (unpaired) electrons. The molecular formula is C29H28Cl2F2N4O3. The minimum Gasteiger partial charge on any atom is -0.477 e. The van der Waals surface area contributed by atoms with Gasteiger partial charge in [-0.05, 0) is 54.2 Å². The van der Waals surface area contributed by atoms with E-state index in [0.29, 0.717) is 12.0 Å². The lowest BCUT2D eigenvalue weighted by Crippen LogP contribution is -2.51. The first-order valence-electron chi connectivity index (χ1n) is 12.3. The highest BCUT2D eigenvalue weighted by Crippen LogP contribution is 2.30. The number of hydrogen-bond acceptors (Lipinski definition) is 5. The van der Waals surface area contributed by atoms with Crippen LogP contribution in [0.1, 0.15) is 54.7 Å². The first kappa shape index (κ1) is 31.0. The minimum absolute atomic E-state index is 0.0887. The summed E-state index contributed by atoms with van der Waals surface area (Å²) in [5.74, 6) is -4.62. The SMILES string of the molecule is CC(C)(C)C[C@@H](Cc1ccc(Cl)cc1F)N[C@@H](C(=O)Nc1ccc(C(=O)O)nc1)[C@@H](C#N)c1cccc(Cl)c1F. The molecule has 0 saturated heterocycles. The fraction of sp³-hybridized carbons (Fsp3) is 0.310. The molecule has 0 saturated carbocycles. The average Bonchev–Trinajstić information content (AvgIpc) is 2.87. The van der Waals surface area contributed by atoms with Gasteiger partial charge in [0.1, 0.15) is 23.4 Å². The van der Waals surface area contributed by atoms with Gasteiger partial charge in [-0.1, -0.05) is 62.2 Å². The summed E-state index contributed by atoms with van der Waals surface area (Å²) in [4.78, 5) is 28.6. The lowest BCUT2D eigenvalue weighted by Gasteiger charge is -2.32. The van der Waals surface area contributed by atoms with E-state index in [2.05, 4.69) is 15.6 Å². The van der Waals surface area contributed by atoms with Crippen LogP contribution in [0.2, 0.25) is 10.0 Å². The van der Waals surface area contributed by atoms with Gasteiger partial charge in [-0.15, -0.1) is 0 Å². The number of nitrogens with one attached hydrogen (secondary N) is 2. The van der Waals surface area contributed by atoms with E-state index in [4.69, 9.17) is 28.3 Å². The number of amides is 1. The molecule has 3 aromatic rings. The summed E-state index contributed by atoms with van der Waals surface area (Å²) >= 11 is 11.9. The predicted octanol–water partition coefficient (Wildman–Crippen LogP) is 6.62. The molecule has 40 heavy (non-hydrogen) atoms. The summed E-state index contributed by atoms with van der Waals surface area (Å²) in [6, 6.07) is 11.2. The highest BCUT2D eigenvalue weighted by Gasteiger charge is 2.35. The third-order valence-electron chi connectivity index (χ3n) is 6.08. The molecule has 3 atom stereocenters. The number of carbonyl (C=O) groups excluding carboxylic acids is 1. The Bertz CT molecular complexity index is 1420. The van der Waals surface area contributed by atoms with Crippen molar-refractivity contribution in [3.05, 3.63) is 93.2 Å². The maximum absolute atomic E-state index is 15.1. The Morgan fingerprint density at radius 2 is 1.85 bits per heavy atom. The molecule has 3 rings (SSSR count). The van der Waals surface area contributed by atoms with Crippen molar-refractivity contribution in [2.24, 2.45) is 5.41 Å². The highest BCUT2D eigenvalue weighted by molar-refractivity contribution is 6.31. The Balaban J connectivity index is 2.03. The van der Waals surface area contributed by atoms with Crippen LogP contribution in [0, 0.1) is 28.4 Å². The van der Waals surface area contributed by atoms with Crippen molar-refractivity contribution in [3.8, 4) is 6.07 Å². The predicted molar refractivity (Wildman–Crippen MR) is 149 cm³/mol. The summed E-state index contributed by atoms with van der Waals surface area (Å²) < 4.78 is 29.8. The highest BCUT2D eigenvalue weighted by atomic mass is 35.5. The van der Waals surface area contributed by atoms with Crippen molar-refractivity contribution in [3.63, 3.8) is 0 Å². The quantitative estimate of drug-likeness (QED) is 0.245. The second kappa shape index (κ2) is 13.2. The number of pyridine rings is 1. The molecule has 0 bridgehead atoms. The number of aromatic nitrogens is 1. The van der Waals surface area contributed by atoms with Crippen LogP contribution < -0.4 is 10.6 Å². The van der Waals surface area contributed by atoms with Gasteiger partial charge in [-0.3, -0.25) is 4.79 Å². The van der Waals surface area contributed by atoms with Crippen LogP contribution in [-0.4, -0.2) is 34.1 Å². The molecule has 2 aromatic carbocycles. The van der Waals surface area contributed by atoms with Crippen LogP contribution in [0.4, 0.5) is 14.5 Å². The second-order valence-electron chi connectivity index (χ2n) is 10.5. The molecule has 0 fully saturated rings. The number of rotatable bonds is 10. The van der Waals surface area contributed by atoms with Crippen molar-refractivity contribution >= 4 is 40.8 Å². The Labute approximate surface area is 241 Å². The Hall–Kier alpha value is -3.58. The summed E-state index contributed by atoms with van der Waals surface area (Å²) in [5.41, 5.74) is -0.0721. The van der Waals surface area contributed by atoms with Crippen molar-refractivity contribution < 1.29 is 23.5 Å². The summed E-state index contributed by atoms with van der Waals surface area (Å²) in [6.07, 6.45) is 1.77. The monoisotopic (exact) mass is 588 g/mol. The molecule has 0 unspecified atom stereocenters. The molecule has 0 aliphatic carbocycles. The number of carbonyl (C=O) groups is 2. The number of carboxylic acids is 1. The van der Waals surface area contributed by atoms with Gasteiger partial charge in [0.25, 0.3) is 0 Å². The molecule has 1 amide bonds. The van der Waals surface area contributed by atoms with Crippen LogP contribution in [0.15, 0.2) is 54.7 Å². The number of nitriles is 1. The van der Waals surface area contributed by atoms with E-state index in [1.807, 2.05) is 26.8 Å². The molecule has 11 heteroatoms. The van der Waals surface area contributed by atoms with Crippen LogP contribution in [0.3, 0.4) is 0 Å². The number of anilines is 1. The van der Waals surface area contributed by atoms with Crippen LogP contribution >= 0.6 is 23.2 Å². The standard InChI is InChI=1S/C29H28Cl2F2N4O3/c1-29(2,3)13-19(11-16-7-8-17(30)12-23(16)32)36-26(21(14-34)20-5-4-6-22(31)25(20)33)27(38)37-18-9-10-24(28(39)40)35-15-18/h4-10,12,15,19,21,26,36H,11,13H2,1-3H3,(H,37,38)(H,39,40)/t19-,21+,26-/m1/s1. The normalized spacial score (nSPS) is 13.7. The minimum atomic E-state index is -1.33. The molecule has 1 heterocycles. The largest absolute Gasteiger partial charge is 0.477 e. The number of benzene rings is 2. The fourth-order valence-corrected chi connectivity index (χ4v) is 4.70. The maximum Gasteiger partial charge on any atom is 0.354 e. The van der Waals surface area contributed by atoms with Gasteiger partial charge in [0.2, 0.25) is 5.91 Å². The maximum atomic E-state index is 15.1. The second-order valence-corrected chi connectivity index (χ2v) is 11.4. The van der Waals surface area contributed by atoms with E-state index in [-0.39, 0.29) is 38.8 Å². The van der Waals surface area contributed by atoms with Crippen molar-refractivity contribution in [2.45, 2.75) is 51.6 Å². The van der Waals surface area contributed by atoms with Gasteiger partial charge >= 0.3 is 5.97 Å². The molecule has 0 spiro atoms. The zero-order valence-corrected chi connectivity index (χ0v) is 23.5. The van der Waals surface area contributed by atoms with Crippen LogP contribution in [-0.2, 0) is 11.2 Å². The van der Waals surface area contributed by atoms with E-state index in [1.165, 1.54) is 36.4 Å². The average molecular weight is 589 g/mol. The Kier molecular flexibility index (Phi) is 10.2. The van der Waals surface area contributed by atoms with Gasteiger partial charge in [0.15, 0.2) is 0 Å². The van der Waals surface area contributed by atoms with Gasteiger partial charge < -0.3 is 15.7 Å². The van der Waals surface area contributed by atoms with Crippen molar-refractivity contribution in [1.29, 1.82) is 5.26 Å². The first-order chi connectivity index (χ1) is 18.8. The fourth-order valence-electron chi connectivity index (χ4n) is 4.36. The third kappa shape index (κ3) is 8.21. The zero-order valence-electron chi connectivity index (χ0n) is 22.0. The van der Waals surface area contributed by atoms with Gasteiger partial charge in [0, 0.05) is 16.6 Å². The van der Waals surface area contributed by atoms with Gasteiger partial charge in [0.05, 0.1) is 28.9 Å². The third-order valence-corrected chi connectivity index (χ3v) is 6.60. The van der Waals surface area contributed by atoms with Crippen LogP contribution in [0.25, 0.3) is 0 Å². The summed E-state index contributed by atoms with van der Waals surface area (Å²) in [7, 11) is 0. The molecule has 3 N–H and O–H groups in total. The number of carboxylic acid groups (broad SMARTS) is 1. The molecule has 0 aliphatic rings. The van der Waals surface area contributed by atoms with E-state index >= 15 is 4.39 Å². The zero-order chi connectivity index (χ0) is 29.6. The first-order valence-corrected chi connectivity index (χ1v) is 13.1. The van der Waals surface area contributed by atoms with Gasteiger partial charge in [-0.2, -0.15) is 5.26 Å². The molecular weight excluding hydrogens is 561 g/mol. The number of nitrogens with zero attached hydrogens (tertiary/aromatic N) is 2. The molecule has 210 valence electrons. The van der Waals surface area contributed by atoms with Crippen molar-refractivity contribution in [1.82, 2.24) is 10.3 Å². The smallest absolute Gasteiger partial charge is 0.354 e. The Morgan fingerprint density at radius 1 is 1.12 bits per heavy atom. The van der Waals surface area contributed by atoms with E-state index in [0.717, 1.165) is 6.20 Å². The topological polar surface area (TPSA) is 115 Å². The molecule has 7 nitrogen and oxygen atoms in total. The molecule has 1 aromatic heterocycles. The van der Waals surface area contributed by atoms with E-state index < -0.39 is 41.5 Å². The molecule has 0 aliphatic heterocycles. The summed E-state index contributed by atoms with van der Waals surface area (Å²) in [5, 5.41) is 25.1. The van der Waals surface area contributed by atoms with E-state index in [1.54, 1.807) is 12.1 Å². The lowest BCUT2D eigenvalue weighted by molar-refractivity contribution is -0.118. The lowest BCUT2D eigenvalue weighted by atomic mass is 9.84. The van der Waals surface area contributed by atoms with E-state index in [9.17, 15) is 19.2 Å². The number of aromatic carboxylic acids is 1. The Morgan fingerprint density at radius 3 is 2.42 bits per heavy atom. The van der Waals surface area contributed by atoms with Crippen molar-refractivity contribution in [2.75, 3.05) is 5.32 Å². The summed E-state index contributed by atoms with van der Waals surface area (Å²) in [6.45, 7) is 5.93. The van der Waals surface area contributed by atoms with Crippen LogP contribution in [0.5, 0.6) is 0 Å². The number of halogens is 4.